The van der Waals surface area contributed by atoms with E-state index in [1.54, 1.807) is 7.11 Å². The molecule has 70 heavy (non-hydrogen) atoms. The summed E-state index contributed by atoms with van der Waals surface area (Å²) in [5.74, 6) is 0.629. The number of methoxy groups -OCH3 is 1. The number of carbonyl (C=O) groups is 3. The molecule has 1 N–H and O–H groups in total. The Bertz CT molecular complexity index is 2790. The molecule has 14 heteroatoms. The molecule has 5 aromatic carbocycles. The lowest BCUT2D eigenvalue weighted by molar-refractivity contribution is -0.133. The molecule has 5 aromatic rings. The van der Waals surface area contributed by atoms with Crippen LogP contribution in [-0.2, 0) is 46.7 Å². The van der Waals surface area contributed by atoms with E-state index in [-0.39, 0.29) is 42.9 Å². The zero-order chi connectivity index (χ0) is 48.9. The van der Waals surface area contributed by atoms with Crippen molar-refractivity contribution < 1.29 is 43.2 Å². The summed E-state index contributed by atoms with van der Waals surface area (Å²) in [4.78, 5) is 50.9. The number of rotatable bonds is 21. The molecule has 0 radical (unpaired) electrons. The largest absolute Gasteiger partial charge is 0.493 e. The van der Waals surface area contributed by atoms with Crippen LogP contribution in [0.25, 0.3) is 0 Å². The van der Waals surface area contributed by atoms with Crippen LogP contribution in [0.2, 0.25) is 0 Å². The Morgan fingerprint density at radius 2 is 1.46 bits per heavy atom. The van der Waals surface area contributed by atoms with Crippen molar-refractivity contribution in [3.8, 4) is 17.2 Å². The molecule has 0 spiro atoms. The molecule has 0 fully saturated rings. The Balaban J connectivity index is 1.00. The molecule has 0 saturated carbocycles. The van der Waals surface area contributed by atoms with Crippen LogP contribution in [0.15, 0.2) is 96.0 Å². The average Bonchev–Trinajstić information content (AvgIpc) is 3.85. The number of nitrogens with zero attached hydrogens (tertiary/aromatic N) is 4. The van der Waals surface area contributed by atoms with E-state index >= 15 is 0 Å². The van der Waals surface area contributed by atoms with Crippen molar-refractivity contribution in [2.75, 3.05) is 67.1 Å². The third-order valence-corrected chi connectivity index (χ3v) is 14.7. The van der Waals surface area contributed by atoms with Crippen molar-refractivity contribution in [2.45, 2.75) is 89.8 Å². The molecular weight excluding hydrogens is 905 g/mol. The lowest BCUT2D eigenvalue weighted by Crippen LogP contribution is -2.39. The molecular formula is C56H62N4O9S. The zero-order valence-electron chi connectivity index (χ0n) is 40.7. The fourth-order valence-electron chi connectivity index (χ4n) is 10.0. The lowest BCUT2D eigenvalue weighted by Gasteiger charge is -2.34. The van der Waals surface area contributed by atoms with Gasteiger partial charge in [-0.3, -0.25) is 24.3 Å². The maximum atomic E-state index is 14.2. The summed E-state index contributed by atoms with van der Waals surface area (Å²) in [7, 11) is 1.59. The maximum absolute atomic E-state index is 14.2. The summed E-state index contributed by atoms with van der Waals surface area (Å²) in [5.41, 5.74) is 10.3. The van der Waals surface area contributed by atoms with Gasteiger partial charge in [0.15, 0.2) is 11.5 Å². The van der Waals surface area contributed by atoms with Gasteiger partial charge in [0.05, 0.1) is 50.0 Å². The second-order valence-corrected chi connectivity index (χ2v) is 20.7. The second kappa shape index (κ2) is 21.3. The van der Waals surface area contributed by atoms with Gasteiger partial charge >= 0.3 is 5.97 Å². The standard InChI is InChI=1S/C56H62N4O9S/c1-6-18-66-20-21-67-19-17-58(35-56(3,4)70-34-53(61)62)43-24-37(32-68-50-30-47-46(22-36(50)2)55(64)60-44(31-57-47)27-41-12-8-10-14-49(41)60)23-38(25-43)33-69-52-28-39-15-16-42-26-40-11-7-9-13-48(40)59(42)54(63)45(39)29-51(52)65-5/h7-14,22-25,28-31,42,44H,6,15-21,26-27,32-35H2,1-5H3,(H,61,62)/t42-,44+/m1/s1. The summed E-state index contributed by atoms with van der Waals surface area (Å²) in [6, 6.07) is 29.8. The molecule has 0 bridgehead atoms. The molecule has 2 atom stereocenters. The molecule has 0 aliphatic carbocycles. The van der Waals surface area contributed by atoms with Crippen LogP contribution in [0, 0.1) is 6.92 Å². The van der Waals surface area contributed by atoms with Crippen molar-refractivity contribution in [1.29, 1.82) is 0 Å². The van der Waals surface area contributed by atoms with E-state index in [9.17, 15) is 19.5 Å². The minimum atomic E-state index is -0.865. The number of hydrogen-bond acceptors (Lipinski definition) is 11. The van der Waals surface area contributed by atoms with E-state index < -0.39 is 10.7 Å². The minimum Gasteiger partial charge on any atom is -0.493 e. The number of aliphatic carboxylic acids is 1. The van der Waals surface area contributed by atoms with E-state index in [0.29, 0.717) is 80.0 Å². The number of carboxylic acid groups (broad SMARTS) is 1. The highest BCUT2D eigenvalue weighted by atomic mass is 32.2. The van der Waals surface area contributed by atoms with Gasteiger partial charge in [0.2, 0.25) is 0 Å². The number of carbonyl (C=O) groups excluding carboxylic acids is 2. The number of aryl methyl sites for hydroxylation is 2. The van der Waals surface area contributed by atoms with Crippen LogP contribution < -0.4 is 28.9 Å². The number of thioether (sulfide) groups is 1. The van der Waals surface area contributed by atoms with Gasteiger partial charge in [0, 0.05) is 71.8 Å². The number of hydrogen-bond donors (Lipinski definition) is 1. The summed E-state index contributed by atoms with van der Waals surface area (Å²) >= 11 is 1.39. The number of aliphatic imine (C=N–C) groups is 1. The summed E-state index contributed by atoms with van der Waals surface area (Å²) in [5, 5.41) is 9.61. The van der Waals surface area contributed by atoms with Crippen LogP contribution in [-0.4, -0.2) is 98.3 Å². The first-order valence-corrected chi connectivity index (χ1v) is 25.3. The number of anilines is 3. The van der Waals surface area contributed by atoms with Crippen LogP contribution in [0.1, 0.15) is 87.7 Å². The predicted molar refractivity (Wildman–Crippen MR) is 276 cm³/mol. The van der Waals surface area contributed by atoms with Gasteiger partial charge < -0.3 is 38.6 Å². The predicted octanol–water partition coefficient (Wildman–Crippen LogP) is 9.81. The number of carboxylic acids is 1. The monoisotopic (exact) mass is 966 g/mol. The van der Waals surface area contributed by atoms with Crippen LogP contribution >= 0.6 is 11.8 Å². The smallest absolute Gasteiger partial charge is 0.313 e. The lowest BCUT2D eigenvalue weighted by atomic mass is 9.99. The minimum absolute atomic E-state index is 0.0268. The molecule has 366 valence electrons. The number of ether oxygens (including phenoxy) is 5. The molecule has 9 rings (SSSR count). The second-order valence-electron chi connectivity index (χ2n) is 19.0. The topological polar surface area (TPSA) is 140 Å². The van der Waals surface area contributed by atoms with Gasteiger partial charge in [0.25, 0.3) is 11.8 Å². The first-order chi connectivity index (χ1) is 33.9. The van der Waals surface area contributed by atoms with Crippen molar-refractivity contribution in [2.24, 2.45) is 4.99 Å². The number of amides is 2. The molecule has 2 amide bonds. The van der Waals surface area contributed by atoms with Crippen LogP contribution in [0.3, 0.4) is 0 Å². The quantitative estimate of drug-likeness (QED) is 0.0704. The fraction of sp³-hybridized carbons (Fsp3) is 0.393. The molecule has 4 aliphatic rings. The van der Waals surface area contributed by atoms with Crippen molar-refractivity contribution in [3.63, 3.8) is 0 Å². The van der Waals surface area contributed by atoms with Crippen molar-refractivity contribution >= 4 is 58.5 Å². The van der Waals surface area contributed by atoms with Crippen molar-refractivity contribution in [1.82, 2.24) is 0 Å². The van der Waals surface area contributed by atoms with E-state index in [4.69, 9.17) is 28.7 Å². The molecule has 4 aliphatic heterocycles. The van der Waals surface area contributed by atoms with E-state index in [1.165, 1.54) is 17.3 Å². The van der Waals surface area contributed by atoms with Gasteiger partial charge in [-0.2, -0.15) is 0 Å². The molecule has 4 heterocycles. The SMILES string of the molecule is CCCOCCOCCN(CC(C)(C)SCC(=O)O)c1cc(COc2cc3c(cc2C)C(=O)N2c4ccccc4C[C@H]2C=N3)cc(COc2cc3c(cc2OC)C(=O)N2c4ccccc4C[C@H]2CC3)c1. The first kappa shape index (κ1) is 48.7. The molecule has 13 nitrogen and oxygen atoms in total. The Kier molecular flexibility index (Phi) is 14.8. The third-order valence-electron chi connectivity index (χ3n) is 13.4. The molecule has 0 unspecified atom stereocenters. The Labute approximate surface area is 414 Å². The fourth-order valence-corrected chi connectivity index (χ4v) is 10.8. The van der Waals surface area contributed by atoms with E-state index in [2.05, 4.69) is 56.0 Å². The van der Waals surface area contributed by atoms with E-state index in [0.717, 1.165) is 70.6 Å². The highest BCUT2D eigenvalue weighted by molar-refractivity contribution is 8.01. The molecule has 0 saturated heterocycles. The zero-order valence-corrected chi connectivity index (χ0v) is 41.5. The van der Waals surface area contributed by atoms with Crippen LogP contribution in [0.5, 0.6) is 17.2 Å². The first-order valence-electron chi connectivity index (χ1n) is 24.3. The summed E-state index contributed by atoms with van der Waals surface area (Å²) < 4.78 is 30.5. The Morgan fingerprint density at radius 1 is 0.786 bits per heavy atom. The normalized spacial score (nSPS) is 16.6. The summed E-state index contributed by atoms with van der Waals surface area (Å²) in [6.45, 7) is 11.6. The van der Waals surface area contributed by atoms with E-state index in [1.807, 2.05) is 83.6 Å². The highest BCUT2D eigenvalue weighted by Gasteiger charge is 2.39. The van der Waals surface area contributed by atoms with Gasteiger partial charge in [-0.15, -0.1) is 11.8 Å². The highest BCUT2D eigenvalue weighted by Crippen LogP contribution is 2.42. The third kappa shape index (κ3) is 10.7. The maximum Gasteiger partial charge on any atom is 0.313 e. The van der Waals surface area contributed by atoms with Gasteiger partial charge in [-0.25, -0.2) is 0 Å². The van der Waals surface area contributed by atoms with Crippen molar-refractivity contribution in [3.05, 3.63) is 136 Å². The number of benzene rings is 5. The van der Waals surface area contributed by atoms with Gasteiger partial charge in [-0.05, 0) is 128 Å². The van der Waals surface area contributed by atoms with Gasteiger partial charge in [0.1, 0.15) is 19.0 Å². The number of para-hydroxylation sites is 2. The Morgan fingerprint density at radius 3 is 2.17 bits per heavy atom. The Hall–Kier alpha value is -6.35. The van der Waals surface area contributed by atoms with Crippen LogP contribution in [0.4, 0.5) is 22.7 Å². The summed E-state index contributed by atoms with van der Waals surface area (Å²) in [6.07, 6.45) is 5.90. The molecule has 0 aromatic heterocycles. The number of fused-ring (bicyclic) bond motifs is 8. The van der Waals surface area contributed by atoms with Gasteiger partial charge in [-0.1, -0.05) is 43.3 Å². The average molecular weight is 967 g/mol.